The molecule has 0 bridgehead atoms. The second-order valence-corrected chi connectivity index (χ2v) is 5.20. The van der Waals surface area contributed by atoms with Gasteiger partial charge in [0.05, 0.1) is 0 Å². The Morgan fingerprint density at radius 3 is 2.75 bits per heavy atom. The molecule has 16 heavy (non-hydrogen) atoms. The van der Waals surface area contributed by atoms with E-state index in [1.54, 1.807) is 0 Å². The Morgan fingerprint density at radius 1 is 1.25 bits per heavy atom. The summed E-state index contributed by atoms with van der Waals surface area (Å²) < 4.78 is 0. The maximum atomic E-state index is 3.63. The first-order valence-corrected chi connectivity index (χ1v) is 6.58. The summed E-state index contributed by atoms with van der Waals surface area (Å²) in [6.45, 7) is 5.77. The van der Waals surface area contributed by atoms with Crippen molar-refractivity contribution in [3.05, 3.63) is 35.4 Å². The molecule has 1 aliphatic rings. The van der Waals surface area contributed by atoms with Crippen LogP contribution in [0.4, 0.5) is 0 Å². The summed E-state index contributed by atoms with van der Waals surface area (Å²) in [7, 11) is 0. The Hall–Kier alpha value is -0.820. The minimum absolute atomic E-state index is 0.639. The SMILES string of the molecule is CC(C)c1ccccc1CC1CCCCN1. The lowest BCUT2D eigenvalue weighted by Gasteiger charge is -2.25. The van der Waals surface area contributed by atoms with Crippen LogP contribution in [-0.4, -0.2) is 12.6 Å². The number of hydrogen-bond donors (Lipinski definition) is 1. The first kappa shape index (κ1) is 11.7. The molecule has 0 saturated carbocycles. The van der Waals surface area contributed by atoms with Gasteiger partial charge >= 0.3 is 0 Å². The fourth-order valence-corrected chi connectivity index (χ4v) is 2.65. The van der Waals surface area contributed by atoms with Crippen molar-refractivity contribution in [3.8, 4) is 0 Å². The van der Waals surface area contributed by atoms with Gasteiger partial charge in [-0.2, -0.15) is 0 Å². The van der Waals surface area contributed by atoms with E-state index in [1.807, 2.05) is 0 Å². The van der Waals surface area contributed by atoms with Crippen LogP contribution in [-0.2, 0) is 6.42 Å². The lowest BCUT2D eigenvalue weighted by Crippen LogP contribution is -2.35. The van der Waals surface area contributed by atoms with Crippen molar-refractivity contribution in [2.45, 2.75) is 51.5 Å². The number of benzene rings is 1. The second-order valence-electron chi connectivity index (χ2n) is 5.20. The summed E-state index contributed by atoms with van der Waals surface area (Å²) in [4.78, 5) is 0. The molecule has 1 aliphatic heterocycles. The third-order valence-electron chi connectivity index (χ3n) is 3.56. The topological polar surface area (TPSA) is 12.0 Å². The molecule has 88 valence electrons. The zero-order chi connectivity index (χ0) is 11.4. The molecule has 1 N–H and O–H groups in total. The highest BCUT2D eigenvalue weighted by molar-refractivity contribution is 5.30. The summed E-state index contributed by atoms with van der Waals surface area (Å²) >= 11 is 0. The summed E-state index contributed by atoms with van der Waals surface area (Å²) in [5, 5.41) is 3.63. The molecule has 1 nitrogen and oxygen atoms in total. The molecule has 0 aromatic heterocycles. The van der Waals surface area contributed by atoms with Crippen LogP contribution < -0.4 is 5.32 Å². The molecule has 1 heteroatoms. The highest BCUT2D eigenvalue weighted by Gasteiger charge is 2.15. The smallest absolute Gasteiger partial charge is 0.0108 e. The largest absolute Gasteiger partial charge is 0.314 e. The Labute approximate surface area is 99.3 Å². The van der Waals surface area contributed by atoms with Gasteiger partial charge < -0.3 is 5.32 Å². The van der Waals surface area contributed by atoms with Crippen molar-refractivity contribution in [1.29, 1.82) is 0 Å². The molecule has 1 heterocycles. The van der Waals surface area contributed by atoms with Gasteiger partial charge in [-0.05, 0) is 42.9 Å². The Bertz CT molecular complexity index is 324. The second kappa shape index (κ2) is 5.49. The van der Waals surface area contributed by atoms with Gasteiger partial charge in [0.25, 0.3) is 0 Å². The number of piperidine rings is 1. The molecule has 0 spiro atoms. The van der Waals surface area contributed by atoms with E-state index in [-0.39, 0.29) is 0 Å². The average Bonchev–Trinajstić information content (AvgIpc) is 2.31. The molecule has 1 atom stereocenters. The van der Waals surface area contributed by atoms with Crippen molar-refractivity contribution in [1.82, 2.24) is 5.32 Å². The fraction of sp³-hybridized carbons (Fsp3) is 0.600. The molecule has 0 aliphatic carbocycles. The molecule has 2 rings (SSSR count). The number of hydrogen-bond acceptors (Lipinski definition) is 1. The fourth-order valence-electron chi connectivity index (χ4n) is 2.65. The minimum atomic E-state index is 0.639. The Balaban J connectivity index is 2.07. The van der Waals surface area contributed by atoms with Crippen molar-refractivity contribution < 1.29 is 0 Å². The molecule has 1 saturated heterocycles. The Kier molecular flexibility index (Phi) is 4.00. The van der Waals surface area contributed by atoms with Gasteiger partial charge in [-0.1, -0.05) is 44.5 Å². The lowest BCUT2D eigenvalue weighted by molar-refractivity contribution is 0.398. The summed E-state index contributed by atoms with van der Waals surface area (Å²) in [5.41, 5.74) is 3.06. The van der Waals surface area contributed by atoms with E-state index in [0.717, 1.165) is 0 Å². The predicted molar refractivity (Wildman–Crippen MR) is 69.9 cm³/mol. The molecule has 1 unspecified atom stereocenters. The quantitative estimate of drug-likeness (QED) is 0.817. The third-order valence-corrected chi connectivity index (χ3v) is 3.56. The summed E-state index contributed by atoms with van der Waals surface area (Å²) in [6, 6.07) is 9.61. The van der Waals surface area contributed by atoms with Gasteiger partial charge in [0, 0.05) is 6.04 Å². The molecule has 0 amide bonds. The zero-order valence-corrected chi connectivity index (χ0v) is 10.5. The first-order chi connectivity index (χ1) is 7.77. The number of nitrogens with one attached hydrogen (secondary N) is 1. The molecular formula is C15H23N. The van der Waals surface area contributed by atoms with E-state index in [9.17, 15) is 0 Å². The third kappa shape index (κ3) is 2.85. The average molecular weight is 217 g/mol. The normalized spacial score (nSPS) is 21.3. The van der Waals surface area contributed by atoms with Crippen LogP contribution in [0.15, 0.2) is 24.3 Å². The molecule has 1 fully saturated rings. The van der Waals surface area contributed by atoms with Crippen molar-refractivity contribution in [2.24, 2.45) is 0 Å². The summed E-state index contributed by atoms with van der Waals surface area (Å²) in [6.07, 6.45) is 5.28. The van der Waals surface area contributed by atoms with E-state index in [0.29, 0.717) is 12.0 Å². The van der Waals surface area contributed by atoms with E-state index in [1.165, 1.54) is 43.4 Å². The zero-order valence-electron chi connectivity index (χ0n) is 10.5. The lowest BCUT2D eigenvalue weighted by atomic mass is 9.91. The van der Waals surface area contributed by atoms with Crippen LogP contribution in [0.5, 0.6) is 0 Å². The van der Waals surface area contributed by atoms with Gasteiger partial charge in [-0.15, -0.1) is 0 Å². The first-order valence-electron chi connectivity index (χ1n) is 6.58. The van der Waals surface area contributed by atoms with Gasteiger partial charge in [0.2, 0.25) is 0 Å². The van der Waals surface area contributed by atoms with Crippen LogP contribution in [0.3, 0.4) is 0 Å². The van der Waals surface area contributed by atoms with E-state index in [4.69, 9.17) is 0 Å². The molecular weight excluding hydrogens is 194 g/mol. The highest BCUT2D eigenvalue weighted by atomic mass is 14.9. The maximum Gasteiger partial charge on any atom is 0.0108 e. The van der Waals surface area contributed by atoms with Crippen molar-refractivity contribution in [2.75, 3.05) is 6.54 Å². The van der Waals surface area contributed by atoms with Crippen LogP contribution in [0.2, 0.25) is 0 Å². The molecule has 1 aromatic rings. The van der Waals surface area contributed by atoms with Crippen molar-refractivity contribution >= 4 is 0 Å². The highest BCUT2D eigenvalue weighted by Crippen LogP contribution is 2.22. The maximum absolute atomic E-state index is 3.63. The standard InChI is InChI=1S/C15H23N/c1-12(2)15-9-4-3-7-13(15)11-14-8-5-6-10-16-14/h3-4,7,9,12,14,16H,5-6,8,10-11H2,1-2H3. The predicted octanol–water partition coefficient (Wildman–Crippen LogP) is 3.49. The van der Waals surface area contributed by atoms with Gasteiger partial charge in [-0.3, -0.25) is 0 Å². The van der Waals surface area contributed by atoms with Gasteiger partial charge in [-0.25, -0.2) is 0 Å². The van der Waals surface area contributed by atoms with Crippen LogP contribution >= 0.6 is 0 Å². The van der Waals surface area contributed by atoms with Gasteiger partial charge in [0.15, 0.2) is 0 Å². The Morgan fingerprint density at radius 2 is 2.06 bits per heavy atom. The monoisotopic (exact) mass is 217 g/mol. The minimum Gasteiger partial charge on any atom is -0.314 e. The van der Waals surface area contributed by atoms with E-state index >= 15 is 0 Å². The summed E-state index contributed by atoms with van der Waals surface area (Å²) in [5.74, 6) is 0.639. The van der Waals surface area contributed by atoms with Crippen LogP contribution in [0.1, 0.15) is 50.2 Å². The van der Waals surface area contributed by atoms with Gasteiger partial charge in [0.1, 0.15) is 0 Å². The molecule has 1 aromatic carbocycles. The van der Waals surface area contributed by atoms with Crippen LogP contribution in [0, 0.1) is 0 Å². The molecule has 0 radical (unpaired) electrons. The van der Waals surface area contributed by atoms with Crippen LogP contribution in [0.25, 0.3) is 0 Å². The van der Waals surface area contributed by atoms with E-state index < -0.39 is 0 Å². The number of rotatable bonds is 3. The van der Waals surface area contributed by atoms with E-state index in [2.05, 4.69) is 43.4 Å². The van der Waals surface area contributed by atoms with Crippen molar-refractivity contribution in [3.63, 3.8) is 0 Å².